The van der Waals surface area contributed by atoms with Crippen LogP contribution in [0.25, 0.3) is 0 Å². The van der Waals surface area contributed by atoms with Crippen molar-refractivity contribution < 1.29 is 4.74 Å². The van der Waals surface area contributed by atoms with E-state index in [1.54, 1.807) is 0 Å². The van der Waals surface area contributed by atoms with E-state index in [1.807, 2.05) is 6.20 Å². The minimum absolute atomic E-state index is 0.143. The van der Waals surface area contributed by atoms with E-state index < -0.39 is 0 Å². The summed E-state index contributed by atoms with van der Waals surface area (Å²) in [6.45, 7) is 5.20. The van der Waals surface area contributed by atoms with Crippen molar-refractivity contribution in [2.75, 3.05) is 19.7 Å². The lowest BCUT2D eigenvalue weighted by molar-refractivity contribution is -0.0728. The van der Waals surface area contributed by atoms with Crippen molar-refractivity contribution in [2.45, 2.75) is 44.1 Å². The molecule has 94 valence electrons. The van der Waals surface area contributed by atoms with Gasteiger partial charge < -0.3 is 15.0 Å². The molecule has 0 radical (unpaired) electrons. The van der Waals surface area contributed by atoms with Crippen LogP contribution >= 0.6 is 0 Å². The third kappa shape index (κ3) is 2.11. The molecule has 2 N–H and O–H groups in total. The van der Waals surface area contributed by atoms with Crippen molar-refractivity contribution >= 4 is 0 Å². The Morgan fingerprint density at radius 3 is 3.12 bits per heavy atom. The molecule has 0 aliphatic carbocycles. The van der Waals surface area contributed by atoms with Crippen molar-refractivity contribution in [1.29, 1.82) is 0 Å². The van der Waals surface area contributed by atoms with E-state index in [0.717, 1.165) is 37.6 Å². The highest BCUT2D eigenvalue weighted by molar-refractivity contribution is 5.14. The number of H-pyrrole nitrogens is 1. The molecule has 2 unspecified atom stereocenters. The number of rotatable bonds is 2. The second kappa shape index (κ2) is 4.42. The number of hydrogen-bond donors (Lipinski definition) is 2. The number of aromatic amines is 1. The third-order valence-corrected chi connectivity index (χ3v) is 4.08. The largest absolute Gasteiger partial charge is 0.369 e. The molecule has 2 atom stereocenters. The number of nitrogens with zero attached hydrogens (tertiary/aromatic N) is 1. The molecule has 2 saturated heterocycles. The minimum Gasteiger partial charge on any atom is -0.369 e. The van der Waals surface area contributed by atoms with Crippen LogP contribution in [0, 0.1) is 0 Å². The van der Waals surface area contributed by atoms with E-state index in [-0.39, 0.29) is 5.60 Å². The highest BCUT2D eigenvalue weighted by Crippen LogP contribution is 2.34. The Balaban J connectivity index is 1.78. The first-order valence-corrected chi connectivity index (χ1v) is 6.68. The highest BCUT2D eigenvalue weighted by atomic mass is 16.5. The zero-order valence-electron chi connectivity index (χ0n) is 10.5. The van der Waals surface area contributed by atoms with Gasteiger partial charge in [0.1, 0.15) is 11.4 Å². The summed E-state index contributed by atoms with van der Waals surface area (Å²) in [5, 5.41) is 3.38. The predicted molar refractivity (Wildman–Crippen MR) is 66.0 cm³/mol. The summed E-state index contributed by atoms with van der Waals surface area (Å²) in [6, 6.07) is 0. The molecule has 1 aromatic heterocycles. The molecular weight excluding hydrogens is 214 g/mol. The summed E-state index contributed by atoms with van der Waals surface area (Å²) in [4.78, 5) is 8.03. The Morgan fingerprint density at radius 1 is 1.47 bits per heavy atom. The first-order valence-electron chi connectivity index (χ1n) is 6.68. The Kier molecular flexibility index (Phi) is 2.92. The summed E-state index contributed by atoms with van der Waals surface area (Å²) in [5.74, 6) is 1.68. The van der Waals surface area contributed by atoms with Crippen molar-refractivity contribution in [2.24, 2.45) is 0 Å². The van der Waals surface area contributed by atoms with Gasteiger partial charge >= 0.3 is 0 Å². The molecule has 0 saturated carbocycles. The van der Waals surface area contributed by atoms with Crippen LogP contribution in [0.1, 0.15) is 50.0 Å². The lowest BCUT2D eigenvalue weighted by Gasteiger charge is -2.32. The molecule has 3 heterocycles. The molecule has 0 aromatic carbocycles. The number of hydrogen-bond acceptors (Lipinski definition) is 3. The van der Waals surface area contributed by atoms with Gasteiger partial charge in [-0.15, -0.1) is 0 Å². The van der Waals surface area contributed by atoms with Crippen LogP contribution in [0.5, 0.6) is 0 Å². The average Bonchev–Trinajstić information content (AvgIpc) is 3.01. The van der Waals surface area contributed by atoms with Crippen molar-refractivity contribution in [3.8, 4) is 0 Å². The van der Waals surface area contributed by atoms with Crippen LogP contribution in [0.3, 0.4) is 0 Å². The number of nitrogens with one attached hydrogen (secondary N) is 2. The molecule has 2 aliphatic heterocycles. The van der Waals surface area contributed by atoms with E-state index in [0.29, 0.717) is 5.92 Å². The van der Waals surface area contributed by atoms with Crippen LogP contribution in [-0.4, -0.2) is 29.7 Å². The smallest absolute Gasteiger partial charge is 0.110 e. The molecule has 1 aromatic rings. The fourth-order valence-corrected chi connectivity index (χ4v) is 2.85. The molecular formula is C13H21N3O. The van der Waals surface area contributed by atoms with Crippen LogP contribution in [0.4, 0.5) is 0 Å². The second-order valence-corrected chi connectivity index (χ2v) is 5.41. The van der Waals surface area contributed by atoms with Gasteiger partial charge in [-0.1, -0.05) is 0 Å². The van der Waals surface area contributed by atoms with E-state index >= 15 is 0 Å². The Hall–Kier alpha value is -0.870. The Labute approximate surface area is 102 Å². The number of aromatic nitrogens is 2. The second-order valence-electron chi connectivity index (χ2n) is 5.41. The maximum atomic E-state index is 5.94. The molecule has 2 fully saturated rings. The number of imidazole rings is 1. The van der Waals surface area contributed by atoms with Crippen molar-refractivity contribution in [3.05, 3.63) is 17.7 Å². The normalized spacial score (nSPS) is 34.1. The summed E-state index contributed by atoms with van der Waals surface area (Å²) in [7, 11) is 0. The van der Waals surface area contributed by atoms with Crippen molar-refractivity contribution in [1.82, 2.24) is 15.3 Å². The first kappa shape index (κ1) is 11.2. The summed E-state index contributed by atoms with van der Waals surface area (Å²) in [5.41, 5.74) is 1.01. The first-order chi connectivity index (χ1) is 8.28. The molecule has 17 heavy (non-hydrogen) atoms. The predicted octanol–water partition coefficient (Wildman–Crippen LogP) is 1.90. The fourth-order valence-electron chi connectivity index (χ4n) is 2.85. The van der Waals surface area contributed by atoms with Gasteiger partial charge in [0.15, 0.2) is 0 Å². The zero-order chi connectivity index (χ0) is 11.7. The molecule has 3 rings (SSSR count). The summed E-state index contributed by atoms with van der Waals surface area (Å²) < 4.78 is 5.94. The van der Waals surface area contributed by atoms with Gasteiger partial charge in [0, 0.05) is 19.1 Å². The fraction of sp³-hybridized carbons (Fsp3) is 0.769. The van der Waals surface area contributed by atoms with Crippen LogP contribution in [-0.2, 0) is 10.3 Å². The van der Waals surface area contributed by atoms with Crippen LogP contribution < -0.4 is 5.32 Å². The molecule has 4 nitrogen and oxygen atoms in total. The zero-order valence-corrected chi connectivity index (χ0v) is 10.5. The SMILES string of the molecule is CC1(c2cnc(C3CCNC3)[nH]2)CCCCO1. The van der Waals surface area contributed by atoms with Gasteiger partial charge in [0.05, 0.1) is 11.9 Å². The van der Waals surface area contributed by atoms with E-state index in [2.05, 4.69) is 22.2 Å². The number of ether oxygens (including phenoxy) is 1. The Bertz CT molecular complexity index is 376. The maximum absolute atomic E-state index is 5.94. The standard InChI is InChI=1S/C13H21N3O/c1-13(5-2-3-7-17-13)11-9-15-12(16-11)10-4-6-14-8-10/h9-10,14H,2-8H2,1H3,(H,15,16). The van der Waals surface area contributed by atoms with E-state index in [4.69, 9.17) is 4.74 Å². The van der Waals surface area contributed by atoms with Crippen molar-refractivity contribution in [3.63, 3.8) is 0 Å². The summed E-state index contributed by atoms with van der Waals surface area (Å²) >= 11 is 0. The van der Waals surface area contributed by atoms with Gasteiger partial charge in [-0.3, -0.25) is 0 Å². The highest BCUT2D eigenvalue weighted by Gasteiger charge is 2.32. The lowest BCUT2D eigenvalue weighted by atomic mass is 9.93. The van der Waals surface area contributed by atoms with Gasteiger partial charge in [-0.2, -0.15) is 0 Å². The average molecular weight is 235 g/mol. The van der Waals surface area contributed by atoms with E-state index in [1.165, 1.54) is 19.3 Å². The van der Waals surface area contributed by atoms with Gasteiger partial charge in [0.25, 0.3) is 0 Å². The quantitative estimate of drug-likeness (QED) is 0.823. The van der Waals surface area contributed by atoms with Crippen LogP contribution in [0.2, 0.25) is 0 Å². The lowest BCUT2D eigenvalue weighted by Crippen LogP contribution is -2.30. The minimum atomic E-state index is -0.143. The van der Waals surface area contributed by atoms with Crippen LogP contribution in [0.15, 0.2) is 6.20 Å². The third-order valence-electron chi connectivity index (χ3n) is 4.08. The van der Waals surface area contributed by atoms with Gasteiger partial charge in [0.2, 0.25) is 0 Å². The monoisotopic (exact) mass is 235 g/mol. The van der Waals surface area contributed by atoms with E-state index in [9.17, 15) is 0 Å². The topological polar surface area (TPSA) is 49.9 Å². The molecule has 4 heteroatoms. The molecule has 0 bridgehead atoms. The Morgan fingerprint density at radius 2 is 2.41 bits per heavy atom. The summed E-state index contributed by atoms with van der Waals surface area (Å²) in [6.07, 6.45) is 6.68. The van der Waals surface area contributed by atoms with Gasteiger partial charge in [-0.05, 0) is 39.2 Å². The molecule has 0 amide bonds. The van der Waals surface area contributed by atoms with Gasteiger partial charge in [-0.25, -0.2) is 4.98 Å². The molecule has 2 aliphatic rings. The maximum Gasteiger partial charge on any atom is 0.110 e. The molecule has 0 spiro atoms.